The summed E-state index contributed by atoms with van der Waals surface area (Å²) in [5.74, 6) is -0.221. The number of nitrogens with zero attached hydrogens (tertiary/aromatic N) is 1. The lowest BCUT2D eigenvalue weighted by molar-refractivity contribution is 0.641. The number of halogens is 1. The highest BCUT2D eigenvalue weighted by molar-refractivity contribution is 6.11. The van der Waals surface area contributed by atoms with Crippen LogP contribution in [0.25, 0.3) is 32.8 Å². The Kier molecular flexibility index (Phi) is 3.12. The minimum absolute atomic E-state index is 0.221. The molecule has 0 aliphatic heterocycles. The van der Waals surface area contributed by atoms with Gasteiger partial charge in [-0.3, -0.25) is 4.98 Å². The monoisotopic (exact) mass is 301 g/mol. The van der Waals surface area contributed by atoms with Gasteiger partial charge in [-0.2, -0.15) is 0 Å². The molecule has 2 heteroatoms. The molecule has 0 saturated heterocycles. The zero-order valence-corrected chi connectivity index (χ0v) is 13.1. The Bertz CT molecular complexity index is 1030. The number of hydrogen-bond acceptors (Lipinski definition) is 1. The van der Waals surface area contributed by atoms with Crippen LogP contribution in [-0.4, -0.2) is 4.98 Å². The van der Waals surface area contributed by atoms with E-state index in [-0.39, 0.29) is 5.82 Å². The molecule has 0 unspecified atom stereocenters. The standard InChI is InChI=1S/C21H16FN/c1-13-9-14(2)11-16(10-13)21-20-18(7-8-23-21)17-6-4-3-5-15(17)12-19(20)22/h3-12H,1-2H3. The number of aromatic nitrogens is 1. The van der Waals surface area contributed by atoms with Crippen LogP contribution in [0.1, 0.15) is 11.1 Å². The van der Waals surface area contributed by atoms with Crippen molar-refractivity contribution >= 4 is 21.5 Å². The molecule has 0 radical (unpaired) electrons. The van der Waals surface area contributed by atoms with Crippen molar-refractivity contribution in [2.75, 3.05) is 0 Å². The van der Waals surface area contributed by atoms with Gasteiger partial charge in [0.25, 0.3) is 0 Å². The Labute approximate surface area is 134 Å². The van der Waals surface area contributed by atoms with Crippen LogP contribution in [0.2, 0.25) is 0 Å². The van der Waals surface area contributed by atoms with Gasteiger partial charge in [-0.05, 0) is 54.3 Å². The number of aryl methyl sites for hydroxylation is 2. The van der Waals surface area contributed by atoms with Gasteiger partial charge in [-0.15, -0.1) is 0 Å². The molecule has 1 aromatic heterocycles. The molecule has 0 atom stereocenters. The fourth-order valence-electron chi connectivity index (χ4n) is 3.34. The van der Waals surface area contributed by atoms with E-state index >= 15 is 0 Å². The van der Waals surface area contributed by atoms with E-state index in [1.165, 1.54) is 0 Å². The first-order chi connectivity index (χ1) is 11.1. The summed E-state index contributed by atoms with van der Waals surface area (Å²) in [7, 11) is 0. The maximum atomic E-state index is 14.8. The van der Waals surface area contributed by atoms with Crippen molar-refractivity contribution < 1.29 is 4.39 Å². The molecule has 4 rings (SSSR count). The van der Waals surface area contributed by atoms with Crippen LogP contribution in [0.3, 0.4) is 0 Å². The fourth-order valence-corrected chi connectivity index (χ4v) is 3.34. The van der Waals surface area contributed by atoms with Crippen molar-refractivity contribution in [2.45, 2.75) is 13.8 Å². The van der Waals surface area contributed by atoms with E-state index in [9.17, 15) is 4.39 Å². The van der Waals surface area contributed by atoms with Gasteiger partial charge >= 0.3 is 0 Å². The zero-order valence-electron chi connectivity index (χ0n) is 13.1. The molecule has 0 fully saturated rings. The first kappa shape index (κ1) is 13.9. The summed E-state index contributed by atoms with van der Waals surface area (Å²) >= 11 is 0. The predicted molar refractivity (Wildman–Crippen MR) is 94.1 cm³/mol. The van der Waals surface area contributed by atoms with Crippen molar-refractivity contribution in [1.29, 1.82) is 0 Å². The molecule has 0 saturated carbocycles. The normalized spacial score (nSPS) is 11.3. The summed E-state index contributed by atoms with van der Waals surface area (Å²) in [5, 5.41) is 3.47. The fraction of sp³-hybridized carbons (Fsp3) is 0.0952. The van der Waals surface area contributed by atoms with Crippen molar-refractivity contribution in [3.63, 3.8) is 0 Å². The van der Waals surface area contributed by atoms with Crippen LogP contribution in [-0.2, 0) is 0 Å². The van der Waals surface area contributed by atoms with Crippen molar-refractivity contribution in [1.82, 2.24) is 4.98 Å². The number of benzene rings is 3. The lowest BCUT2D eigenvalue weighted by atomic mass is 9.97. The maximum Gasteiger partial charge on any atom is 0.133 e. The summed E-state index contributed by atoms with van der Waals surface area (Å²) in [6, 6.07) is 17.6. The van der Waals surface area contributed by atoms with Gasteiger partial charge in [0.2, 0.25) is 0 Å². The highest BCUT2D eigenvalue weighted by Crippen LogP contribution is 2.34. The van der Waals surface area contributed by atoms with Gasteiger partial charge in [-0.25, -0.2) is 4.39 Å². The molecule has 0 aliphatic rings. The van der Waals surface area contributed by atoms with E-state index in [0.717, 1.165) is 32.8 Å². The first-order valence-corrected chi connectivity index (χ1v) is 7.68. The van der Waals surface area contributed by atoms with Crippen molar-refractivity contribution in [2.24, 2.45) is 0 Å². The van der Waals surface area contributed by atoms with Gasteiger partial charge in [0.1, 0.15) is 5.82 Å². The molecule has 0 aliphatic carbocycles. The molecule has 4 aromatic rings. The summed E-state index contributed by atoms with van der Waals surface area (Å²) < 4.78 is 14.8. The summed E-state index contributed by atoms with van der Waals surface area (Å²) in [5.41, 5.74) is 3.97. The Hall–Kier alpha value is -2.74. The number of fused-ring (bicyclic) bond motifs is 3. The molecule has 23 heavy (non-hydrogen) atoms. The highest BCUT2D eigenvalue weighted by atomic mass is 19.1. The van der Waals surface area contributed by atoms with E-state index in [1.807, 2.05) is 44.2 Å². The Morgan fingerprint density at radius 3 is 2.35 bits per heavy atom. The Morgan fingerprint density at radius 1 is 0.826 bits per heavy atom. The van der Waals surface area contributed by atoms with Crippen LogP contribution in [0, 0.1) is 19.7 Å². The minimum Gasteiger partial charge on any atom is -0.255 e. The van der Waals surface area contributed by atoms with E-state index in [2.05, 4.69) is 23.2 Å². The first-order valence-electron chi connectivity index (χ1n) is 7.68. The van der Waals surface area contributed by atoms with E-state index in [0.29, 0.717) is 11.1 Å². The molecule has 1 nitrogen and oxygen atoms in total. The molecule has 0 amide bonds. The molecule has 112 valence electrons. The average Bonchev–Trinajstić information content (AvgIpc) is 2.53. The topological polar surface area (TPSA) is 12.9 Å². The van der Waals surface area contributed by atoms with E-state index in [1.54, 1.807) is 12.3 Å². The second-order valence-corrected chi connectivity index (χ2v) is 6.04. The Morgan fingerprint density at radius 2 is 1.57 bits per heavy atom. The van der Waals surface area contributed by atoms with E-state index in [4.69, 9.17) is 0 Å². The highest BCUT2D eigenvalue weighted by Gasteiger charge is 2.13. The Balaban J connectivity index is 2.14. The lowest BCUT2D eigenvalue weighted by Crippen LogP contribution is -1.92. The predicted octanol–water partition coefficient (Wildman–Crippen LogP) is 5.81. The number of pyridine rings is 1. The maximum absolute atomic E-state index is 14.8. The van der Waals surface area contributed by atoms with Crippen LogP contribution < -0.4 is 0 Å². The third-order valence-corrected chi connectivity index (χ3v) is 4.22. The van der Waals surface area contributed by atoms with Crippen LogP contribution in [0.15, 0.2) is 60.8 Å². The molecule has 0 spiro atoms. The van der Waals surface area contributed by atoms with Crippen LogP contribution in [0.4, 0.5) is 4.39 Å². The average molecular weight is 301 g/mol. The SMILES string of the molecule is Cc1cc(C)cc(-c2nccc3c2c(F)cc2ccccc23)c1. The van der Waals surface area contributed by atoms with Crippen molar-refractivity contribution in [3.05, 3.63) is 77.7 Å². The largest absolute Gasteiger partial charge is 0.255 e. The summed E-state index contributed by atoms with van der Waals surface area (Å²) in [4.78, 5) is 4.49. The summed E-state index contributed by atoms with van der Waals surface area (Å²) in [6.07, 6.45) is 1.77. The molecule has 3 aromatic carbocycles. The van der Waals surface area contributed by atoms with Gasteiger partial charge in [-0.1, -0.05) is 41.5 Å². The van der Waals surface area contributed by atoms with Crippen LogP contribution in [0.5, 0.6) is 0 Å². The molecule has 0 bridgehead atoms. The van der Waals surface area contributed by atoms with E-state index < -0.39 is 0 Å². The van der Waals surface area contributed by atoms with Crippen LogP contribution >= 0.6 is 0 Å². The third kappa shape index (κ3) is 2.27. The van der Waals surface area contributed by atoms with Gasteiger partial charge in [0.15, 0.2) is 0 Å². The second-order valence-electron chi connectivity index (χ2n) is 6.04. The quantitative estimate of drug-likeness (QED) is 0.404. The lowest BCUT2D eigenvalue weighted by Gasteiger charge is -2.11. The van der Waals surface area contributed by atoms with Crippen molar-refractivity contribution in [3.8, 4) is 11.3 Å². The number of rotatable bonds is 1. The minimum atomic E-state index is -0.221. The second kappa shape index (κ2) is 5.17. The molecular formula is C21H16FN. The molecular weight excluding hydrogens is 285 g/mol. The molecule has 0 N–H and O–H groups in total. The zero-order chi connectivity index (χ0) is 16.0. The number of hydrogen-bond donors (Lipinski definition) is 0. The summed E-state index contributed by atoms with van der Waals surface area (Å²) in [6.45, 7) is 4.10. The van der Waals surface area contributed by atoms with Gasteiger partial charge in [0.05, 0.1) is 5.69 Å². The van der Waals surface area contributed by atoms with Gasteiger partial charge in [0, 0.05) is 17.1 Å². The molecule has 1 heterocycles. The smallest absolute Gasteiger partial charge is 0.133 e. The van der Waals surface area contributed by atoms with Gasteiger partial charge < -0.3 is 0 Å². The third-order valence-electron chi connectivity index (χ3n) is 4.22.